The molecule has 0 aliphatic heterocycles. The van der Waals surface area contributed by atoms with Crippen LogP contribution in [0.1, 0.15) is 21.5 Å². The second kappa shape index (κ2) is 7.71. The van der Waals surface area contributed by atoms with Gasteiger partial charge in [-0.3, -0.25) is 14.9 Å². The molecule has 0 aliphatic rings. The van der Waals surface area contributed by atoms with Gasteiger partial charge in [-0.05, 0) is 17.2 Å². The van der Waals surface area contributed by atoms with Crippen LogP contribution < -0.4 is 5.32 Å². The second-order valence-electron chi connectivity index (χ2n) is 4.81. The Bertz CT molecular complexity index is 734. The lowest BCUT2D eigenvalue weighted by Gasteiger charge is -2.10. The number of rotatable bonds is 6. The molecule has 1 N–H and O–H groups in total. The molecule has 0 saturated carbocycles. The number of ether oxygens (including phenoxy) is 1. The van der Waals surface area contributed by atoms with E-state index in [0.717, 1.165) is 11.1 Å². The normalized spacial score (nSPS) is 10.3. The van der Waals surface area contributed by atoms with Crippen LogP contribution in [0.25, 0.3) is 0 Å². The van der Waals surface area contributed by atoms with Gasteiger partial charge in [0.15, 0.2) is 0 Å². The van der Waals surface area contributed by atoms with Gasteiger partial charge in [-0.1, -0.05) is 35.9 Å². The molecule has 0 saturated heterocycles. The van der Waals surface area contributed by atoms with Crippen molar-refractivity contribution in [2.24, 2.45) is 0 Å². The number of nitro benzene ring substituents is 1. The molecule has 6 nitrogen and oxygen atoms in total. The molecular formula is C16H15ClN2O4. The highest BCUT2D eigenvalue weighted by Crippen LogP contribution is 2.22. The van der Waals surface area contributed by atoms with Crippen molar-refractivity contribution >= 4 is 23.2 Å². The number of carbonyl (C=O) groups excluding carboxylic acids is 1. The first kappa shape index (κ1) is 16.9. The first-order valence-electron chi connectivity index (χ1n) is 6.80. The Morgan fingerprint density at radius 2 is 1.96 bits per heavy atom. The Hall–Kier alpha value is -2.44. The number of methoxy groups -OCH3 is 1. The summed E-state index contributed by atoms with van der Waals surface area (Å²) in [6.45, 7) is 0.709. The van der Waals surface area contributed by atoms with Gasteiger partial charge in [-0.2, -0.15) is 0 Å². The predicted octanol–water partition coefficient (Wildman–Crippen LogP) is 3.32. The zero-order valence-electron chi connectivity index (χ0n) is 12.4. The van der Waals surface area contributed by atoms with Crippen LogP contribution in [0, 0.1) is 10.1 Å². The first-order chi connectivity index (χ1) is 11.0. The molecule has 0 atom stereocenters. The summed E-state index contributed by atoms with van der Waals surface area (Å²) in [5.41, 5.74) is 1.76. The fraction of sp³-hybridized carbons (Fsp3) is 0.188. The Morgan fingerprint density at radius 3 is 2.61 bits per heavy atom. The van der Waals surface area contributed by atoms with Crippen molar-refractivity contribution in [3.63, 3.8) is 0 Å². The summed E-state index contributed by atoms with van der Waals surface area (Å²) in [6, 6.07) is 11.3. The number of hydrogen-bond donors (Lipinski definition) is 1. The number of hydrogen-bond acceptors (Lipinski definition) is 4. The molecular weight excluding hydrogens is 320 g/mol. The third-order valence-electron chi connectivity index (χ3n) is 3.26. The molecule has 2 aromatic rings. The Balaban J connectivity index is 2.14. The van der Waals surface area contributed by atoms with E-state index in [1.807, 2.05) is 24.3 Å². The van der Waals surface area contributed by atoms with Crippen LogP contribution in [0.4, 0.5) is 5.69 Å². The van der Waals surface area contributed by atoms with E-state index in [1.165, 1.54) is 18.2 Å². The van der Waals surface area contributed by atoms with E-state index in [9.17, 15) is 14.9 Å². The second-order valence-corrected chi connectivity index (χ2v) is 5.21. The minimum Gasteiger partial charge on any atom is -0.380 e. The molecule has 0 radical (unpaired) electrons. The van der Waals surface area contributed by atoms with Crippen molar-refractivity contribution < 1.29 is 14.5 Å². The maximum Gasteiger partial charge on any atom is 0.270 e. The van der Waals surface area contributed by atoms with E-state index < -0.39 is 10.8 Å². The maximum atomic E-state index is 12.2. The molecule has 23 heavy (non-hydrogen) atoms. The summed E-state index contributed by atoms with van der Waals surface area (Å²) in [5, 5.41) is 13.7. The lowest BCUT2D eigenvalue weighted by molar-refractivity contribution is -0.384. The molecule has 1 amide bonds. The van der Waals surface area contributed by atoms with Crippen molar-refractivity contribution in [2.75, 3.05) is 7.11 Å². The summed E-state index contributed by atoms with van der Waals surface area (Å²) < 4.78 is 5.11. The molecule has 0 heterocycles. The minimum atomic E-state index is -0.568. The van der Waals surface area contributed by atoms with Gasteiger partial charge in [0.1, 0.15) is 0 Å². The van der Waals surface area contributed by atoms with Crippen LogP contribution in [0.5, 0.6) is 0 Å². The highest BCUT2D eigenvalue weighted by molar-refractivity contribution is 6.33. The Kier molecular flexibility index (Phi) is 5.67. The number of nitrogens with one attached hydrogen (secondary N) is 1. The number of non-ortho nitro benzene ring substituents is 1. The molecule has 0 fully saturated rings. The number of carbonyl (C=O) groups is 1. The van der Waals surface area contributed by atoms with E-state index in [1.54, 1.807) is 7.11 Å². The largest absolute Gasteiger partial charge is 0.380 e. The minimum absolute atomic E-state index is 0.0742. The summed E-state index contributed by atoms with van der Waals surface area (Å²) in [6.07, 6.45) is 0. The van der Waals surface area contributed by atoms with E-state index in [2.05, 4.69) is 5.32 Å². The number of amides is 1. The molecule has 0 aliphatic carbocycles. The van der Waals surface area contributed by atoms with Gasteiger partial charge < -0.3 is 10.1 Å². The SMILES string of the molecule is COCc1ccccc1CNC(=O)c1cc([N+](=O)[O-])ccc1Cl. The van der Waals surface area contributed by atoms with Gasteiger partial charge in [0.05, 0.1) is 22.1 Å². The van der Waals surface area contributed by atoms with Crippen molar-refractivity contribution in [1.82, 2.24) is 5.32 Å². The van der Waals surface area contributed by atoms with Crippen molar-refractivity contribution in [1.29, 1.82) is 0 Å². The highest BCUT2D eigenvalue weighted by Gasteiger charge is 2.16. The summed E-state index contributed by atoms with van der Waals surface area (Å²) in [5.74, 6) is -0.467. The quantitative estimate of drug-likeness (QED) is 0.649. The third kappa shape index (κ3) is 4.28. The Morgan fingerprint density at radius 1 is 1.26 bits per heavy atom. The smallest absolute Gasteiger partial charge is 0.270 e. The lowest BCUT2D eigenvalue weighted by Crippen LogP contribution is -2.24. The summed E-state index contributed by atoms with van der Waals surface area (Å²) in [4.78, 5) is 22.5. The first-order valence-corrected chi connectivity index (χ1v) is 7.18. The van der Waals surface area contributed by atoms with Crippen molar-refractivity contribution in [3.05, 3.63) is 74.3 Å². The molecule has 7 heteroatoms. The van der Waals surface area contributed by atoms with Gasteiger partial charge in [0, 0.05) is 25.8 Å². The highest BCUT2D eigenvalue weighted by atomic mass is 35.5. The van der Waals surface area contributed by atoms with Gasteiger partial charge in [0.25, 0.3) is 11.6 Å². The zero-order valence-corrected chi connectivity index (χ0v) is 13.2. The summed E-state index contributed by atoms with van der Waals surface area (Å²) >= 11 is 5.96. The number of halogens is 1. The number of benzene rings is 2. The summed E-state index contributed by atoms with van der Waals surface area (Å²) in [7, 11) is 1.60. The molecule has 2 rings (SSSR count). The zero-order chi connectivity index (χ0) is 16.8. The standard InChI is InChI=1S/C16H15ClN2O4/c1-23-10-12-5-3-2-4-11(12)9-18-16(20)14-8-13(19(21)22)6-7-15(14)17/h2-8H,9-10H2,1H3,(H,18,20). The number of nitro groups is 1. The van der Waals surface area contributed by atoms with Crippen LogP contribution in [-0.4, -0.2) is 17.9 Å². The number of nitrogens with zero attached hydrogens (tertiary/aromatic N) is 1. The average molecular weight is 335 g/mol. The van der Waals surface area contributed by atoms with Gasteiger partial charge in [-0.15, -0.1) is 0 Å². The van der Waals surface area contributed by atoms with Crippen LogP contribution in [0.15, 0.2) is 42.5 Å². The molecule has 0 spiro atoms. The Labute approximate surface area is 138 Å². The maximum absolute atomic E-state index is 12.2. The van der Waals surface area contributed by atoms with Crippen LogP contribution >= 0.6 is 11.6 Å². The fourth-order valence-electron chi connectivity index (χ4n) is 2.10. The van der Waals surface area contributed by atoms with Crippen molar-refractivity contribution in [3.8, 4) is 0 Å². The van der Waals surface area contributed by atoms with E-state index in [4.69, 9.17) is 16.3 Å². The fourth-order valence-corrected chi connectivity index (χ4v) is 2.30. The van der Waals surface area contributed by atoms with Crippen molar-refractivity contribution in [2.45, 2.75) is 13.2 Å². The third-order valence-corrected chi connectivity index (χ3v) is 3.59. The molecule has 0 bridgehead atoms. The molecule has 2 aromatic carbocycles. The van der Waals surface area contributed by atoms with Crippen LogP contribution in [0.3, 0.4) is 0 Å². The lowest BCUT2D eigenvalue weighted by atomic mass is 10.1. The monoisotopic (exact) mass is 334 g/mol. The van der Waals surface area contributed by atoms with E-state index in [-0.39, 0.29) is 22.8 Å². The molecule has 0 unspecified atom stereocenters. The average Bonchev–Trinajstić information content (AvgIpc) is 2.54. The van der Waals surface area contributed by atoms with Crippen LogP contribution in [0.2, 0.25) is 5.02 Å². The molecule has 120 valence electrons. The van der Waals surface area contributed by atoms with Gasteiger partial charge in [0.2, 0.25) is 0 Å². The van der Waals surface area contributed by atoms with E-state index >= 15 is 0 Å². The topological polar surface area (TPSA) is 81.5 Å². The van der Waals surface area contributed by atoms with Crippen LogP contribution in [-0.2, 0) is 17.9 Å². The predicted molar refractivity (Wildman–Crippen MR) is 86.4 cm³/mol. The van der Waals surface area contributed by atoms with E-state index in [0.29, 0.717) is 6.61 Å². The van der Waals surface area contributed by atoms with Gasteiger partial charge >= 0.3 is 0 Å². The van der Waals surface area contributed by atoms with Gasteiger partial charge in [-0.25, -0.2) is 0 Å². The molecule has 0 aromatic heterocycles.